The molecule has 0 spiro atoms. The van der Waals surface area contributed by atoms with Gasteiger partial charge in [0.15, 0.2) is 0 Å². The zero-order chi connectivity index (χ0) is 13.0. The maximum absolute atomic E-state index is 12.1. The van der Waals surface area contributed by atoms with Crippen molar-refractivity contribution in [2.24, 2.45) is 5.41 Å². The molecule has 0 aromatic carbocycles. The number of carbonyl (C=O) groups excluding carboxylic acids is 1. The Morgan fingerprint density at radius 2 is 2.22 bits per heavy atom. The molecule has 1 aliphatic rings. The molecule has 1 saturated carbocycles. The van der Waals surface area contributed by atoms with E-state index in [1.54, 1.807) is 18.3 Å². The van der Waals surface area contributed by atoms with Crippen LogP contribution in [0, 0.1) is 5.41 Å². The van der Waals surface area contributed by atoms with Crippen LogP contribution in [0.5, 0.6) is 0 Å². The molecule has 98 valence electrons. The minimum Gasteiger partial charge on any atom is -0.351 e. The Morgan fingerprint density at radius 1 is 1.50 bits per heavy atom. The van der Waals surface area contributed by atoms with Crippen LogP contribution in [-0.4, -0.2) is 17.4 Å². The molecule has 0 radical (unpaired) electrons. The van der Waals surface area contributed by atoms with Gasteiger partial charge in [0.2, 0.25) is 0 Å². The van der Waals surface area contributed by atoms with Crippen molar-refractivity contribution in [1.82, 2.24) is 10.3 Å². The van der Waals surface area contributed by atoms with Crippen molar-refractivity contribution in [2.75, 3.05) is 6.54 Å². The van der Waals surface area contributed by atoms with Crippen molar-refractivity contribution in [3.63, 3.8) is 0 Å². The first kappa shape index (κ1) is 13.5. The number of rotatable bonds is 4. The van der Waals surface area contributed by atoms with Gasteiger partial charge in [0, 0.05) is 18.3 Å². The minimum absolute atomic E-state index is 0.00201. The van der Waals surface area contributed by atoms with Crippen LogP contribution in [0.15, 0.2) is 22.9 Å². The summed E-state index contributed by atoms with van der Waals surface area (Å²) in [5, 5.41) is 3.07. The largest absolute Gasteiger partial charge is 0.351 e. The first-order valence-electron chi connectivity index (χ1n) is 6.55. The Morgan fingerprint density at radius 3 is 2.83 bits per heavy atom. The Bertz CT molecular complexity index is 428. The van der Waals surface area contributed by atoms with E-state index in [0.29, 0.717) is 15.6 Å². The highest BCUT2D eigenvalue weighted by Crippen LogP contribution is 2.40. The van der Waals surface area contributed by atoms with Crippen molar-refractivity contribution < 1.29 is 4.79 Å². The summed E-state index contributed by atoms with van der Waals surface area (Å²) in [7, 11) is 0. The molecule has 1 aromatic heterocycles. The van der Waals surface area contributed by atoms with Gasteiger partial charge in [0.05, 0.1) is 0 Å². The van der Waals surface area contributed by atoms with Crippen LogP contribution in [-0.2, 0) is 0 Å². The second kappa shape index (κ2) is 5.83. The van der Waals surface area contributed by atoms with E-state index in [-0.39, 0.29) is 5.91 Å². The number of carbonyl (C=O) groups is 1. The van der Waals surface area contributed by atoms with Gasteiger partial charge >= 0.3 is 0 Å². The molecular weight excluding hydrogens is 292 g/mol. The number of hydrogen-bond donors (Lipinski definition) is 1. The summed E-state index contributed by atoms with van der Waals surface area (Å²) in [6, 6.07) is 3.50. The Balaban J connectivity index is 1.96. The van der Waals surface area contributed by atoms with Crippen LogP contribution < -0.4 is 5.32 Å². The predicted molar refractivity (Wildman–Crippen MR) is 75.5 cm³/mol. The highest BCUT2D eigenvalue weighted by atomic mass is 79.9. The van der Waals surface area contributed by atoms with Gasteiger partial charge in [-0.25, -0.2) is 4.98 Å². The van der Waals surface area contributed by atoms with Gasteiger partial charge < -0.3 is 5.32 Å². The molecule has 0 atom stereocenters. The van der Waals surface area contributed by atoms with Crippen molar-refractivity contribution >= 4 is 21.8 Å². The molecule has 2 rings (SSSR count). The van der Waals surface area contributed by atoms with Crippen LogP contribution in [0.4, 0.5) is 0 Å². The number of pyridine rings is 1. The molecule has 18 heavy (non-hydrogen) atoms. The fraction of sp³-hybridized carbons (Fsp3) is 0.571. The van der Waals surface area contributed by atoms with Crippen molar-refractivity contribution in [3.05, 3.63) is 28.5 Å². The topological polar surface area (TPSA) is 42.0 Å². The van der Waals surface area contributed by atoms with Crippen molar-refractivity contribution in [3.8, 4) is 0 Å². The second-order valence-electron chi connectivity index (χ2n) is 5.11. The molecular formula is C14H19BrN2O. The number of amides is 1. The highest BCUT2D eigenvalue weighted by Gasteiger charge is 2.32. The first-order chi connectivity index (χ1) is 8.65. The fourth-order valence-corrected chi connectivity index (χ4v) is 3.06. The van der Waals surface area contributed by atoms with E-state index in [1.165, 1.54) is 25.7 Å². The van der Waals surface area contributed by atoms with Crippen LogP contribution in [0.2, 0.25) is 0 Å². The Hall–Kier alpha value is -0.900. The first-order valence-corrected chi connectivity index (χ1v) is 7.34. The molecule has 1 heterocycles. The van der Waals surface area contributed by atoms with Crippen LogP contribution >= 0.6 is 15.9 Å². The molecule has 3 nitrogen and oxygen atoms in total. The van der Waals surface area contributed by atoms with Crippen LogP contribution in [0.3, 0.4) is 0 Å². The molecule has 1 amide bonds. The lowest BCUT2D eigenvalue weighted by molar-refractivity contribution is 0.0928. The average molecular weight is 311 g/mol. The average Bonchev–Trinajstić information content (AvgIpc) is 2.85. The van der Waals surface area contributed by atoms with Crippen LogP contribution in [0.25, 0.3) is 0 Å². The van der Waals surface area contributed by atoms with E-state index >= 15 is 0 Å². The maximum Gasteiger partial charge on any atom is 0.251 e. The maximum atomic E-state index is 12.1. The van der Waals surface area contributed by atoms with E-state index in [2.05, 4.69) is 33.2 Å². The van der Waals surface area contributed by atoms with E-state index in [4.69, 9.17) is 0 Å². The van der Waals surface area contributed by atoms with Gasteiger partial charge in [-0.05, 0) is 52.7 Å². The smallest absolute Gasteiger partial charge is 0.251 e. The molecule has 0 aliphatic heterocycles. The van der Waals surface area contributed by atoms with Gasteiger partial charge in [-0.2, -0.15) is 0 Å². The molecule has 1 aliphatic carbocycles. The normalized spacial score (nSPS) is 17.7. The molecule has 4 heteroatoms. The number of hydrogen-bond acceptors (Lipinski definition) is 2. The van der Waals surface area contributed by atoms with Crippen molar-refractivity contribution in [2.45, 2.75) is 39.0 Å². The lowest BCUT2D eigenvalue weighted by Crippen LogP contribution is -2.35. The molecule has 1 aromatic rings. The summed E-state index contributed by atoms with van der Waals surface area (Å²) >= 11 is 3.28. The molecule has 0 unspecified atom stereocenters. The third-order valence-electron chi connectivity index (χ3n) is 4.03. The van der Waals surface area contributed by atoms with E-state index in [0.717, 1.165) is 13.0 Å². The van der Waals surface area contributed by atoms with E-state index in [1.807, 2.05) is 0 Å². The Labute approximate surface area is 117 Å². The molecule has 0 bridgehead atoms. The van der Waals surface area contributed by atoms with Gasteiger partial charge in [0.1, 0.15) is 4.60 Å². The third kappa shape index (κ3) is 3.10. The SMILES string of the molecule is CCC1(CNC(=O)c2ccnc(Br)c2)CCCC1. The minimum atomic E-state index is -0.00201. The quantitative estimate of drug-likeness (QED) is 0.864. The summed E-state index contributed by atoms with van der Waals surface area (Å²) in [6.45, 7) is 3.02. The molecule has 1 fully saturated rings. The lowest BCUT2D eigenvalue weighted by Gasteiger charge is -2.27. The summed E-state index contributed by atoms with van der Waals surface area (Å²) in [5.41, 5.74) is 1.00. The molecule has 1 N–H and O–H groups in total. The van der Waals surface area contributed by atoms with E-state index < -0.39 is 0 Å². The summed E-state index contributed by atoms with van der Waals surface area (Å²) in [4.78, 5) is 16.1. The van der Waals surface area contributed by atoms with Crippen molar-refractivity contribution in [1.29, 1.82) is 0 Å². The highest BCUT2D eigenvalue weighted by molar-refractivity contribution is 9.10. The standard InChI is InChI=1S/C14H19BrN2O/c1-2-14(6-3-4-7-14)10-17-13(18)11-5-8-16-12(15)9-11/h5,8-9H,2-4,6-7,10H2,1H3,(H,17,18). The number of nitrogens with one attached hydrogen (secondary N) is 1. The number of halogens is 1. The summed E-state index contributed by atoms with van der Waals surface area (Å²) in [6.07, 6.45) is 7.86. The monoisotopic (exact) mass is 310 g/mol. The summed E-state index contributed by atoms with van der Waals surface area (Å²) in [5.74, 6) is -0.00201. The van der Waals surface area contributed by atoms with Gasteiger partial charge in [0.25, 0.3) is 5.91 Å². The third-order valence-corrected chi connectivity index (χ3v) is 4.46. The molecule has 0 saturated heterocycles. The summed E-state index contributed by atoms with van der Waals surface area (Å²) < 4.78 is 0.696. The van der Waals surface area contributed by atoms with E-state index in [9.17, 15) is 4.79 Å². The van der Waals surface area contributed by atoms with Crippen LogP contribution in [0.1, 0.15) is 49.4 Å². The van der Waals surface area contributed by atoms with Gasteiger partial charge in [-0.1, -0.05) is 19.8 Å². The number of aromatic nitrogens is 1. The fourth-order valence-electron chi connectivity index (χ4n) is 2.69. The van der Waals surface area contributed by atoms with Gasteiger partial charge in [-0.3, -0.25) is 4.79 Å². The second-order valence-corrected chi connectivity index (χ2v) is 5.92. The Kier molecular flexibility index (Phi) is 4.38. The zero-order valence-corrected chi connectivity index (χ0v) is 12.3. The number of nitrogens with zero attached hydrogens (tertiary/aromatic N) is 1. The predicted octanol–water partition coefficient (Wildman–Crippen LogP) is 3.54. The lowest BCUT2D eigenvalue weighted by atomic mass is 9.83. The van der Waals surface area contributed by atoms with Gasteiger partial charge in [-0.15, -0.1) is 0 Å². The zero-order valence-electron chi connectivity index (χ0n) is 10.7.